The number of carbonyl (C=O) groups is 3. The monoisotopic (exact) mass is 470 g/mol. The number of aryl methyl sites for hydroxylation is 1. The number of nitrogens with one attached hydrogen (secondary N) is 2. The minimum absolute atomic E-state index is 0.00160. The van der Waals surface area contributed by atoms with Gasteiger partial charge in [0.15, 0.2) is 0 Å². The normalized spacial score (nSPS) is 18.1. The quantitative estimate of drug-likeness (QED) is 0.473. The minimum atomic E-state index is -1.03. The van der Waals surface area contributed by atoms with Crippen LogP contribution in [0.15, 0.2) is 66.7 Å². The third-order valence-corrected chi connectivity index (χ3v) is 6.91. The Bertz CT molecular complexity index is 1270. The molecule has 1 fully saturated rings. The van der Waals surface area contributed by atoms with E-state index in [9.17, 15) is 19.5 Å². The van der Waals surface area contributed by atoms with Crippen LogP contribution in [0.2, 0.25) is 0 Å². The Labute approximate surface area is 203 Å². The molecule has 2 aliphatic carbocycles. The summed E-state index contributed by atoms with van der Waals surface area (Å²) in [7, 11) is 0. The lowest BCUT2D eigenvalue weighted by atomic mass is 9.79. The van der Waals surface area contributed by atoms with E-state index in [1.165, 1.54) is 17.2 Å². The lowest BCUT2D eigenvalue weighted by Gasteiger charge is -2.34. The van der Waals surface area contributed by atoms with Crippen molar-refractivity contribution in [3.8, 4) is 11.1 Å². The summed E-state index contributed by atoms with van der Waals surface area (Å²) in [4.78, 5) is 36.3. The number of aromatic carboxylic acids is 1. The average Bonchev–Trinajstić information content (AvgIpc) is 3.14. The topological polar surface area (TPSA) is 105 Å². The van der Waals surface area contributed by atoms with Crippen molar-refractivity contribution in [2.75, 3.05) is 11.9 Å². The summed E-state index contributed by atoms with van der Waals surface area (Å²) in [6, 6.07) is 21.0. The van der Waals surface area contributed by atoms with E-state index in [2.05, 4.69) is 34.9 Å². The molecule has 178 valence electrons. The van der Waals surface area contributed by atoms with Crippen LogP contribution in [0.5, 0.6) is 0 Å². The van der Waals surface area contributed by atoms with Crippen molar-refractivity contribution in [1.82, 2.24) is 5.32 Å². The van der Waals surface area contributed by atoms with Gasteiger partial charge < -0.3 is 20.5 Å². The van der Waals surface area contributed by atoms with Gasteiger partial charge in [-0.2, -0.15) is 0 Å². The van der Waals surface area contributed by atoms with E-state index in [4.69, 9.17) is 4.74 Å². The third-order valence-electron chi connectivity index (χ3n) is 6.91. The number of benzene rings is 3. The van der Waals surface area contributed by atoms with Crippen molar-refractivity contribution in [2.24, 2.45) is 5.92 Å². The number of amides is 2. The van der Waals surface area contributed by atoms with Gasteiger partial charge in [-0.3, -0.25) is 4.79 Å². The first-order valence-corrected chi connectivity index (χ1v) is 11.7. The molecule has 3 aromatic rings. The highest BCUT2D eigenvalue weighted by atomic mass is 16.5. The average molecular weight is 471 g/mol. The molecule has 2 amide bonds. The van der Waals surface area contributed by atoms with Crippen molar-refractivity contribution < 1.29 is 24.2 Å². The smallest absolute Gasteiger partial charge is 0.407 e. The number of anilines is 1. The summed E-state index contributed by atoms with van der Waals surface area (Å²) in [5.74, 6) is -1.47. The molecule has 3 aromatic carbocycles. The largest absolute Gasteiger partial charge is 0.478 e. The second-order valence-electron chi connectivity index (χ2n) is 9.16. The predicted octanol–water partition coefficient (Wildman–Crippen LogP) is 4.95. The molecule has 0 atom stereocenters. The Kier molecular flexibility index (Phi) is 5.99. The first-order valence-electron chi connectivity index (χ1n) is 11.7. The highest BCUT2D eigenvalue weighted by Gasteiger charge is 2.36. The second-order valence-corrected chi connectivity index (χ2v) is 9.16. The summed E-state index contributed by atoms with van der Waals surface area (Å²) in [6.45, 7) is 1.95. The molecule has 0 bridgehead atoms. The fourth-order valence-electron chi connectivity index (χ4n) is 4.93. The highest BCUT2D eigenvalue weighted by molar-refractivity contribution is 5.96. The summed E-state index contributed by atoms with van der Waals surface area (Å²) in [5.41, 5.74) is 5.90. The van der Waals surface area contributed by atoms with Crippen molar-refractivity contribution in [3.63, 3.8) is 0 Å². The van der Waals surface area contributed by atoms with Crippen LogP contribution >= 0.6 is 0 Å². The maximum Gasteiger partial charge on any atom is 0.407 e. The molecule has 35 heavy (non-hydrogen) atoms. The molecule has 7 nitrogen and oxygen atoms in total. The van der Waals surface area contributed by atoms with Crippen LogP contribution in [0, 0.1) is 12.8 Å². The highest BCUT2D eigenvalue weighted by Crippen LogP contribution is 2.44. The van der Waals surface area contributed by atoms with Crippen molar-refractivity contribution in [3.05, 3.63) is 89.0 Å². The SMILES string of the molecule is Cc1ccc(NC(=O)C2CC(NC(=O)OCC3c4ccccc4-c4ccccc43)C2)cc1C(=O)O. The standard InChI is InChI=1S/C28H26N2O5/c1-16-10-11-18(14-24(16)27(32)33)29-26(31)17-12-19(13-17)30-28(34)35-15-25-22-8-4-2-6-20(22)21-7-3-5-9-23(21)25/h2-11,14,17,19,25H,12-13,15H2,1H3,(H,29,31)(H,30,34)(H,32,33). The van der Waals surface area contributed by atoms with Crippen LogP contribution in [-0.4, -0.2) is 35.7 Å². The maximum absolute atomic E-state index is 12.5. The second kappa shape index (κ2) is 9.25. The summed E-state index contributed by atoms with van der Waals surface area (Å²) < 4.78 is 5.58. The molecule has 0 radical (unpaired) electrons. The minimum Gasteiger partial charge on any atom is -0.478 e. The van der Waals surface area contributed by atoms with E-state index in [0.29, 0.717) is 24.1 Å². The third kappa shape index (κ3) is 4.49. The molecule has 0 unspecified atom stereocenters. The van der Waals surface area contributed by atoms with Gasteiger partial charge in [0.05, 0.1) is 5.56 Å². The Morgan fingerprint density at radius 2 is 1.57 bits per heavy atom. The number of hydrogen-bond donors (Lipinski definition) is 3. The van der Waals surface area contributed by atoms with Crippen LogP contribution in [0.4, 0.5) is 10.5 Å². The molecule has 0 aliphatic heterocycles. The van der Waals surface area contributed by atoms with Crippen LogP contribution in [0.3, 0.4) is 0 Å². The number of carboxylic acid groups (broad SMARTS) is 1. The molecule has 1 saturated carbocycles. The molecule has 0 heterocycles. The van der Waals surface area contributed by atoms with E-state index in [1.54, 1.807) is 19.1 Å². The van der Waals surface area contributed by atoms with Crippen LogP contribution in [-0.2, 0) is 9.53 Å². The molecule has 0 aromatic heterocycles. The van der Waals surface area contributed by atoms with Gasteiger partial charge in [-0.05, 0) is 59.7 Å². The molecule has 0 spiro atoms. The van der Waals surface area contributed by atoms with Crippen LogP contribution < -0.4 is 10.6 Å². The van der Waals surface area contributed by atoms with E-state index in [0.717, 1.165) is 11.1 Å². The van der Waals surface area contributed by atoms with E-state index in [-0.39, 0.29) is 36.0 Å². The van der Waals surface area contributed by atoms with Crippen molar-refractivity contribution >= 4 is 23.7 Å². The summed E-state index contributed by atoms with van der Waals surface area (Å²) in [6.07, 6.45) is 0.529. The molecule has 7 heteroatoms. The predicted molar refractivity (Wildman–Crippen MR) is 131 cm³/mol. The maximum atomic E-state index is 12.5. The van der Waals surface area contributed by atoms with Gasteiger partial charge in [0.1, 0.15) is 6.61 Å². The first kappa shape index (κ1) is 22.7. The van der Waals surface area contributed by atoms with Gasteiger partial charge >= 0.3 is 12.1 Å². The summed E-state index contributed by atoms with van der Waals surface area (Å²) >= 11 is 0. The fourth-order valence-corrected chi connectivity index (χ4v) is 4.93. The molecule has 5 rings (SSSR count). The van der Waals surface area contributed by atoms with Crippen molar-refractivity contribution in [2.45, 2.75) is 31.7 Å². The fraction of sp³-hybridized carbons (Fsp3) is 0.250. The number of fused-ring (bicyclic) bond motifs is 3. The number of carbonyl (C=O) groups excluding carboxylic acids is 2. The van der Waals surface area contributed by atoms with E-state index < -0.39 is 12.1 Å². The zero-order valence-electron chi connectivity index (χ0n) is 19.3. The Morgan fingerprint density at radius 3 is 2.20 bits per heavy atom. The van der Waals surface area contributed by atoms with Gasteiger partial charge in [-0.15, -0.1) is 0 Å². The van der Waals surface area contributed by atoms with E-state index in [1.807, 2.05) is 24.3 Å². The summed E-state index contributed by atoms with van der Waals surface area (Å²) in [5, 5.41) is 14.9. The number of rotatable bonds is 6. The number of ether oxygens (including phenoxy) is 1. The van der Waals surface area contributed by atoms with Gasteiger partial charge in [0.2, 0.25) is 5.91 Å². The van der Waals surface area contributed by atoms with E-state index >= 15 is 0 Å². The van der Waals surface area contributed by atoms with Crippen LogP contribution in [0.1, 0.15) is 45.8 Å². The van der Waals surface area contributed by atoms with Gasteiger partial charge in [-0.1, -0.05) is 54.6 Å². The molecular weight excluding hydrogens is 444 g/mol. The zero-order valence-corrected chi connectivity index (χ0v) is 19.3. The molecular formula is C28H26N2O5. The van der Waals surface area contributed by atoms with Gasteiger partial charge in [-0.25, -0.2) is 9.59 Å². The number of carboxylic acids is 1. The molecule has 0 saturated heterocycles. The lowest BCUT2D eigenvalue weighted by Crippen LogP contribution is -2.48. The lowest BCUT2D eigenvalue weighted by molar-refractivity contribution is -0.122. The van der Waals surface area contributed by atoms with Gasteiger partial charge in [0, 0.05) is 23.6 Å². The van der Waals surface area contributed by atoms with Crippen molar-refractivity contribution in [1.29, 1.82) is 0 Å². The van der Waals surface area contributed by atoms with Crippen LogP contribution in [0.25, 0.3) is 11.1 Å². The molecule has 3 N–H and O–H groups in total. The zero-order chi connectivity index (χ0) is 24.5. The number of alkyl carbamates (subject to hydrolysis) is 1. The molecule has 2 aliphatic rings. The first-order chi connectivity index (χ1) is 16.9. The Hall–Kier alpha value is -4.13. The Morgan fingerprint density at radius 1 is 0.943 bits per heavy atom. The van der Waals surface area contributed by atoms with Gasteiger partial charge in [0.25, 0.3) is 0 Å². The number of hydrogen-bond acceptors (Lipinski definition) is 4. The Balaban J connectivity index is 1.11.